The smallest absolute Gasteiger partial charge is 0.220 e. The molecule has 0 unspecified atom stereocenters. The third-order valence-electron chi connectivity index (χ3n) is 1.96. The maximum absolute atomic E-state index is 11.3. The van der Waals surface area contributed by atoms with E-state index in [1.807, 2.05) is 0 Å². The summed E-state index contributed by atoms with van der Waals surface area (Å²) in [6.45, 7) is 4.71. The minimum absolute atomic E-state index is 0.0927. The predicted octanol–water partition coefficient (Wildman–Crippen LogP) is 1.46. The van der Waals surface area contributed by atoms with Crippen molar-refractivity contribution in [3.05, 3.63) is 18.2 Å². The van der Waals surface area contributed by atoms with Crippen LogP contribution in [0.5, 0.6) is 0 Å². The number of aromatic nitrogens is 2. The molecule has 0 aliphatic heterocycles. The van der Waals surface area contributed by atoms with Crippen molar-refractivity contribution in [2.24, 2.45) is 5.92 Å². The second-order valence-corrected chi connectivity index (χ2v) is 3.75. The molecule has 0 aliphatic rings. The molecule has 0 spiro atoms. The highest BCUT2D eigenvalue weighted by molar-refractivity contribution is 5.75. The van der Waals surface area contributed by atoms with E-state index in [1.165, 1.54) is 0 Å². The van der Waals surface area contributed by atoms with E-state index in [0.29, 0.717) is 18.9 Å². The van der Waals surface area contributed by atoms with Crippen LogP contribution in [0.2, 0.25) is 0 Å². The summed E-state index contributed by atoms with van der Waals surface area (Å²) in [5.74, 6) is 1.46. The Morgan fingerprint density at radius 3 is 3.00 bits per heavy atom. The molecule has 78 valence electrons. The third-order valence-corrected chi connectivity index (χ3v) is 1.96. The number of H-pyrrole nitrogens is 1. The van der Waals surface area contributed by atoms with Crippen LogP contribution < -0.4 is 5.32 Å². The first-order valence-electron chi connectivity index (χ1n) is 4.93. The van der Waals surface area contributed by atoms with Gasteiger partial charge in [-0.2, -0.15) is 0 Å². The Hall–Kier alpha value is -1.32. The summed E-state index contributed by atoms with van der Waals surface area (Å²) in [7, 11) is 0. The molecule has 0 saturated heterocycles. The van der Waals surface area contributed by atoms with Gasteiger partial charge in [-0.3, -0.25) is 4.79 Å². The quantitative estimate of drug-likeness (QED) is 0.747. The van der Waals surface area contributed by atoms with Crippen LogP contribution in [0.4, 0.5) is 0 Å². The summed E-state index contributed by atoms with van der Waals surface area (Å²) in [5.41, 5.74) is 0. The number of carbonyl (C=O) groups excluding carboxylic acids is 1. The molecule has 0 fully saturated rings. The Balaban J connectivity index is 2.15. The first-order chi connectivity index (χ1) is 6.68. The van der Waals surface area contributed by atoms with Gasteiger partial charge < -0.3 is 10.3 Å². The summed E-state index contributed by atoms with van der Waals surface area (Å²) in [4.78, 5) is 18.2. The molecule has 0 saturated carbocycles. The van der Waals surface area contributed by atoms with E-state index in [9.17, 15) is 4.79 Å². The van der Waals surface area contributed by atoms with Gasteiger partial charge in [0.1, 0.15) is 5.82 Å². The highest BCUT2D eigenvalue weighted by atomic mass is 16.1. The molecule has 14 heavy (non-hydrogen) atoms. The van der Waals surface area contributed by atoms with Crippen LogP contribution in [0.15, 0.2) is 12.4 Å². The Morgan fingerprint density at radius 1 is 1.64 bits per heavy atom. The Morgan fingerprint density at radius 2 is 2.43 bits per heavy atom. The Kier molecular flexibility index (Phi) is 4.16. The van der Waals surface area contributed by atoms with Gasteiger partial charge in [-0.15, -0.1) is 0 Å². The average Bonchev–Trinajstić information content (AvgIpc) is 2.63. The fraction of sp³-hybridized carbons (Fsp3) is 0.600. The van der Waals surface area contributed by atoms with Crippen molar-refractivity contribution < 1.29 is 4.79 Å². The SMILES string of the molecule is CC(C)CCC(=O)NCc1ncc[nH]1. The topological polar surface area (TPSA) is 57.8 Å². The zero-order valence-electron chi connectivity index (χ0n) is 8.71. The second-order valence-electron chi connectivity index (χ2n) is 3.75. The summed E-state index contributed by atoms with van der Waals surface area (Å²) in [5, 5.41) is 2.81. The number of imidazole rings is 1. The van der Waals surface area contributed by atoms with Gasteiger partial charge in [0, 0.05) is 18.8 Å². The molecular weight excluding hydrogens is 178 g/mol. The van der Waals surface area contributed by atoms with E-state index in [2.05, 4.69) is 29.1 Å². The van der Waals surface area contributed by atoms with Crippen molar-refractivity contribution in [2.75, 3.05) is 0 Å². The Bertz CT molecular complexity index is 267. The summed E-state index contributed by atoms with van der Waals surface area (Å²) < 4.78 is 0. The molecule has 1 heterocycles. The number of nitrogens with zero attached hydrogens (tertiary/aromatic N) is 1. The van der Waals surface area contributed by atoms with Gasteiger partial charge >= 0.3 is 0 Å². The lowest BCUT2D eigenvalue weighted by Gasteiger charge is -2.04. The predicted molar refractivity (Wildman–Crippen MR) is 54.5 cm³/mol. The van der Waals surface area contributed by atoms with Crippen molar-refractivity contribution in [1.82, 2.24) is 15.3 Å². The lowest BCUT2D eigenvalue weighted by molar-refractivity contribution is -0.121. The van der Waals surface area contributed by atoms with Crippen molar-refractivity contribution in [3.8, 4) is 0 Å². The van der Waals surface area contributed by atoms with Crippen LogP contribution in [0.1, 0.15) is 32.5 Å². The van der Waals surface area contributed by atoms with Crippen molar-refractivity contribution >= 4 is 5.91 Å². The molecule has 1 amide bonds. The molecule has 0 atom stereocenters. The minimum Gasteiger partial charge on any atom is -0.349 e. The fourth-order valence-electron chi connectivity index (χ4n) is 1.09. The highest BCUT2D eigenvalue weighted by Gasteiger charge is 2.03. The van der Waals surface area contributed by atoms with Gasteiger partial charge in [-0.25, -0.2) is 4.98 Å². The molecule has 0 aliphatic carbocycles. The average molecular weight is 195 g/mol. The van der Waals surface area contributed by atoms with E-state index in [0.717, 1.165) is 12.2 Å². The van der Waals surface area contributed by atoms with Crippen LogP contribution >= 0.6 is 0 Å². The van der Waals surface area contributed by atoms with E-state index in [-0.39, 0.29) is 5.91 Å². The number of aromatic amines is 1. The maximum Gasteiger partial charge on any atom is 0.220 e. The van der Waals surface area contributed by atoms with Gasteiger partial charge in [-0.05, 0) is 12.3 Å². The lowest BCUT2D eigenvalue weighted by Crippen LogP contribution is -2.23. The first-order valence-corrected chi connectivity index (χ1v) is 4.93. The number of carbonyl (C=O) groups is 1. The summed E-state index contributed by atoms with van der Waals surface area (Å²) in [6.07, 6.45) is 4.95. The lowest BCUT2D eigenvalue weighted by atomic mass is 10.1. The molecule has 4 nitrogen and oxygen atoms in total. The number of amides is 1. The van der Waals surface area contributed by atoms with Gasteiger partial charge in [-0.1, -0.05) is 13.8 Å². The Labute approximate surface area is 84.1 Å². The van der Waals surface area contributed by atoms with E-state index < -0.39 is 0 Å². The monoisotopic (exact) mass is 195 g/mol. The van der Waals surface area contributed by atoms with Crippen LogP contribution in [0.3, 0.4) is 0 Å². The molecule has 1 rings (SSSR count). The number of rotatable bonds is 5. The molecule has 1 aromatic heterocycles. The molecule has 1 aromatic rings. The molecule has 0 radical (unpaired) electrons. The van der Waals surface area contributed by atoms with Crippen LogP contribution in [-0.2, 0) is 11.3 Å². The number of hydrogen-bond acceptors (Lipinski definition) is 2. The van der Waals surface area contributed by atoms with E-state index in [1.54, 1.807) is 12.4 Å². The van der Waals surface area contributed by atoms with Crippen molar-refractivity contribution in [1.29, 1.82) is 0 Å². The third kappa shape index (κ3) is 4.07. The van der Waals surface area contributed by atoms with Gasteiger partial charge in [0.2, 0.25) is 5.91 Å². The van der Waals surface area contributed by atoms with Gasteiger partial charge in [0.25, 0.3) is 0 Å². The summed E-state index contributed by atoms with van der Waals surface area (Å²) >= 11 is 0. The largest absolute Gasteiger partial charge is 0.349 e. The van der Waals surface area contributed by atoms with Gasteiger partial charge in [0.15, 0.2) is 0 Å². The summed E-state index contributed by atoms with van der Waals surface area (Å²) in [6, 6.07) is 0. The van der Waals surface area contributed by atoms with E-state index in [4.69, 9.17) is 0 Å². The first kappa shape index (κ1) is 10.8. The van der Waals surface area contributed by atoms with Crippen molar-refractivity contribution in [2.45, 2.75) is 33.2 Å². The molecule has 4 heteroatoms. The highest BCUT2D eigenvalue weighted by Crippen LogP contribution is 2.02. The maximum atomic E-state index is 11.3. The molecule has 0 aromatic carbocycles. The molecule has 0 bridgehead atoms. The van der Waals surface area contributed by atoms with Crippen molar-refractivity contribution in [3.63, 3.8) is 0 Å². The minimum atomic E-state index is 0.0927. The fourth-order valence-corrected chi connectivity index (χ4v) is 1.09. The normalized spacial score (nSPS) is 10.5. The van der Waals surface area contributed by atoms with E-state index >= 15 is 0 Å². The van der Waals surface area contributed by atoms with Crippen LogP contribution in [-0.4, -0.2) is 15.9 Å². The molecule has 2 N–H and O–H groups in total. The number of nitrogens with one attached hydrogen (secondary N) is 2. The second kappa shape index (κ2) is 5.42. The molecular formula is C10H17N3O. The van der Waals surface area contributed by atoms with Crippen LogP contribution in [0.25, 0.3) is 0 Å². The number of hydrogen-bond donors (Lipinski definition) is 2. The van der Waals surface area contributed by atoms with Crippen LogP contribution in [0, 0.1) is 5.92 Å². The standard InChI is InChI=1S/C10H17N3O/c1-8(2)3-4-10(14)13-7-9-11-5-6-12-9/h5-6,8H,3-4,7H2,1-2H3,(H,11,12)(H,13,14). The zero-order chi connectivity index (χ0) is 10.4. The van der Waals surface area contributed by atoms with Gasteiger partial charge in [0.05, 0.1) is 6.54 Å². The zero-order valence-corrected chi connectivity index (χ0v) is 8.71.